The lowest BCUT2D eigenvalue weighted by atomic mass is 10.1. The molecule has 0 amide bonds. The number of aliphatic hydroxyl groups excluding tert-OH is 1. The van der Waals surface area contributed by atoms with Crippen LogP contribution in [0.2, 0.25) is 0 Å². The van der Waals surface area contributed by atoms with Gasteiger partial charge in [-0.3, -0.25) is 0 Å². The van der Waals surface area contributed by atoms with Crippen molar-refractivity contribution in [2.24, 2.45) is 0 Å². The van der Waals surface area contributed by atoms with Gasteiger partial charge in [-0.05, 0) is 26.7 Å². The van der Waals surface area contributed by atoms with Crippen LogP contribution < -0.4 is 0 Å². The van der Waals surface area contributed by atoms with Gasteiger partial charge in [-0.2, -0.15) is 0 Å². The van der Waals surface area contributed by atoms with E-state index in [0.717, 1.165) is 6.42 Å². The van der Waals surface area contributed by atoms with Gasteiger partial charge in [0, 0.05) is 0 Å². The first-order chi connectivity index (χ1) is 8.02. The molecule has 1 saturated heterocycles. The second-order valence-corrected chi connectivity index (χ2v) is 4.78. The molecule has 0 bridgehead atoms. The molecule has 0 saturated carbocycles. The van der Waals surface area contributed by atoms with E-state index < -0.39 is 5.79 Å². The standard InChI is InChI=1S/C13H24O4/c1-5-7-11(16-10(6-2)8-14)12-9-15-13(3,4)17-12/h5,10-12,14H,1,6-9H2,2-4H3/t10-,11-,12-/m1/s1. The highest BCUT2D eigenvalue weighted by Gasteiger charge is 2.38. The zero-order valence-corrected chi connectivity index (χ0v) is 11.0. The third-order valence-corrected chi connectivity index (χ3v) is 2.87. The van der Waals surface area contributed by atoms with Crippen LogP contribution in [0.4, 0.5) is 0 Å². The predicted molar refractivity (Wildman–Crippen MR) is 65.8 cm³/mol. The number of rotatable bonds is 7. The van der Waals surface area contributed by atoms with Crippen LogP contribution in [0, 0.1) is 0 Å². The Morgan fingerprint density at radius 3 is 2.71 bits per heavy atom. The molecule has 1 aliphatic rings. The lowest BCUT2D eigenvalue weighted by Crippen LogP contribution is -2.36. The zero-order chi connectivity index (χ0) is 12.9. The fourth-order valence-corrected chi connectivity index (χ4v) is 1.87. The van der Waals surface area contributed by atoms with Gasteiger partial charge in [0.05, 0.1) is 25.4 Å². The Hall–Kier alpha value is -0.420. The van der Waals surface area contributed by atoms with Gasteiger partial charge >= 0.3 is 0 Å². The van der Waals surface area contributed by atoms with Crippen molar-refractivity contribution in [1.82, 2.24) is 0 Å². The third kappa shape index (κ3) is 4.39. The summed E-state index contributed by atoms with van der Waals surface area (Å²) in [5, 5.41) is 9.17. The maximum absolute atomic E-state index is 9.17. The van der Waals surface area contributed by atoms with Crippen LogP contribution in [-0.2, 0) is 14.2 Å². The van der Waals surface area contributed by atoms with E-state index in [1.165, 1.54) is 0 Å². The molecule has 1 aliphatic heterocycles. The van der Waals surface area contributed by atoms with E-state index in [-0.39, 0.29) is 24.9 Å². The molecule has 0 aromatic heterocycles. The number of hydrogen-bond donors (Lipinski definition) is 1. The first-order valence-electron chi connectivity index (χ1n) is 6.21. The molecule has 100 valence electrons. The maximum Gasteiger partial charge on any atom is 0.163 e. The summed E-state index contributed by atoms with van der Waals surface area (Å²) in [7, 11) is 0. The van der Waals surface area contributed by atoms with Crippen molar-refractivity contribution in [2.75, 3.05) is 13.2 Å². The van der Waals surface area contributed by atoms with Gasteiger partial charge in [0.15, 0.2) is 5.79 Å². The minimum atomic E-state index is -0.547. The summed E-state index contributed by atoms with van der Waals surface area (Å²) in [5.41, 5.74) is 0. The molecular weight excluding hydrogens is 220 g/mol. The van der Waals surface area contributed by atoms with E-state index in [1.807, 2.05) is 26.8 Å². The fraction of sp³-hybridized carbons (Fsp3) is 0.846. The van der Waals surface area contributed by atoms with Crippen LogP contribution in [0.25, 0.3) is 0 Å². The summed E-state index contributed by atoms with van der Waals surface area (Å²) >= 11 is 0. The van der Waals surface area contributed by atoms with Crippen LogP contribution in [0.1, 0.15) is 33.6 Å². The molecule has 0 aromatic rings. The molecule has 1 fully saturated rings. The van der Waals surface area contributed by atoms with Gasteiger partial charge in [0.1, 0.15) is 6.10 Å². The minimum Gasteiger partial charge on any atom is -0.394 e. The quantitative estimate of drug-likeness (QED) is 0.695. The first kappa shape index (κ1) is 14.6. The molecule has 0 unspecified atom stereocenters. The summed E-state index contributed by atoms with van der Waals surface area (Å²) < 4.78 is 17.1. The van der Waals surface area contributed by atoms with Crippen molar-refractivity contribution in [3.8, 4) is 0 Å². The summed E-state index contributed by atoms with van der Waals surface area (Å²) in [6.07, 6.45) is 2.94. The van der Waals surface area contributed by atoms with Crippen molar-refractivity contribution in [1.29, 1.82) is 0 Å². The molecule has 1 heterocycles. The Balaban J connectivity index is 2.56. The van der Waals surface area contributed by atoms with Crippen molar-refractivity contribution in [3.63, 3.8) is 0 Å². The van der Waals surface area contributed by atoms with Crippen molar-refractivity contribution in [3.05, 3.63) is 12.7 Å². The molecule has 4 heteroatoms. The van der Waals surface area contributed by atoms with E-state index in [1.54, 1.807) is 0 Å². The molecule has 1 rings (SSSR count). The highest BCUT2D eigenvalue weighted by molar-refractivity contribution is 4.85. The monoisotopic (exact) mass is 244 g/mol. The van der Waals surface area contributed by atoms with Gasteiger partial charge in [-0.25, -0.2) is 0 Å². The van der Waals surface area contributed by atoms with Crippen LogP contribution in [0.5, 0.6) is 0 Å². The Bertz CT molecular complexity index is 236. The van der Waals surface area contributed by atoms with Crippen LogP contribution >= 0.6 is 0 Å². The summed E-state index contributed by atoms with van der Waals surface area (Å²) in [6, 6.07) is 0. The average molecular weight is 244 g/mol. The Labute approximate surface area is 104 Å². The largest absolute Gasteiger partial charge is 0.394 e. The van der Waals surface area contributed by atoms with Crippen molar-refractivity contribution < 1.29 is 19.3 Å². The van der Waals surface area contributed by atoms with Gasteiger partial charge in [-0.1, -0.05) is 13.0 Å². The van der Waals surface area contributed by atoms with Crippen molar-refractivity contribution >= 4 is 0 Å². The topological polar surface area (TPSA) is 47.9 Å². The normalized spacial score (nSPS) is 26.7. The van der Waals surface area contributed by atoms with E-state index >= 15 is 0 Å². The summed E-state index contributed by atoms with van der Waals surface area (Å²) in [4.78, 5) is 0. The second-order valence-electron chi connectivity index (χ2n) is 4.78. The molecule has 0 spiro atoms. The van der Waals surface area contributed by atoms with Crippen molar-refractivity contribution in [2.45, 2.75) is 57.7 Å². The molecule has 3 atom stereocenters. The molecule has 0 aromatic carbocycles. The smallest absolute Gasteiger partial charge is 0.163 e. The minimum absolute atomic E-state index is 0.0289. The fourth-order valence-electron chi connectivity index (χ4n) is 1.87. The maximum atomic E-state index is 9.17. The lowest BCUT2D eigenvalue weighted by Gasteiger charge is -2.27. The number of hydrogen-bond acceptors (Lipinski definition) is 4. The summed E-state index contributed by atoms with van der Waals surface area (Å²) in [5.74, 6) is -0.547. The Morgan fingerprint density at radius 2 is 2.29 bits per heavy atom. The molecule has 0 aliphatic carbocycles. The first-order valence-corrected chi connectivity index (χ1v) is 6.21. The van der Waals surface area contributed by atoms with Crippen LogP contribution in [-0.4, -0.2) is 42.4 Å². The zero-order valence-electron chi connectivity index (χ0n) is 11.0. The molecule has 4 nitrogen and oxygen atoms in total. The van der Waals surface area contributed by atoms with Crippen LogP contribution in [0.15, 0.2) is 12.7 Å². The SMILES string of the molecule is C=CC[C@@H](O[C@H](CC)CO)[C@H]1COC(C)(C)O1. The second kappa shape index (κ2) is 6.50. The third-order valence-electron chi connectivity index (χ3n) is 2.87. The van der Waals surface area contributed by atoms with Gasteiger partial charge in [0.25, 0.3) is 0 Å². The molecule has 1 N–H and O–H groups in total. The Kier molecular flexibility index (Phi) is 5.59. The predicted octanol–water partition coefficient (Wildman–Crippen LogP) is 1.87. The average Bonchev–Trinajstić information content (AvgIpc) is 2.65. The van der Waals surface area contributed by atoms with E-state index in [4.69, 9.17) is 19.3 Å². The molecule has 17 heavy (non-hydrogen) atoms. The lowest BCUT2D eigenvalue weighted by molar-refractivity contribution is -0.164. The van der Waals surface area contributed by atoms with Gasteiger partial charge in [-0.15, -0.1) is 6.58 Å². The summed E-state index contributed by atoms with van der Waals surface area (Å²) in [6.45, 7) is 10.0. The highest BCUT2D eigenvalue weighted by Crippen LogP contribution is 2.27. The van der Waals surface area contributed by atoms with E-state index in [0.29, 0.717) is 13.0 Å². The van der Waals surface area contributed by atoms with E-state index in [2.05, 4.69) is 6.58 Å². The van der Waals surface area contributed by atoms with Gasteiger partial charge in [0.2, 0.25) is 0 Å². The Morgan fingerprint density at radius 1 is 1.59 bits per heavy atom. The molecular formula is C13H24O4. The molecule has 0 radical (unpaired) electrons. The highest BCUT2D eigenvalue weighted by atomic mass is 16.7. The van der Waals surface area contributed by atoms with Crippen LogP contribution in [0.3, 0.4) is 0 Å². The number of aliphatic hydroxyl groups is 1. The van der Waals surface area contributed by atoms with E-state index in [9.17, 15) is 0 Å². The number of ether oxygens (including phenoxy) is 3. The van der Waals surface area contributed by atoms with Gasteiger partial charge < -0.3 is 19.3 Å².